The number of carbonyl (C=O) groups is 1. The van der Waals surface area contributed by atoms with Gasteiger partial charge in [-0.25, -0.2) is 14.8 Å². The van der Waals surface area contributed by atoms with E-state index in [9.17, 15) is 4.79 Å². The predicted octanol–water partition coefficient (Wildman–Crippen LogP) is 2.48. The highest BCUT2D eigenvalue weighted by atomic mass is 16.4. The van der Waals surface area contributed by atoms with Gasteiger partial charge in [0.25, 0.3) is 0 Å². The number of nitrogens with zero attached hydrogens (tertiary/aromatic N) is 2. The van der Waals surface area contributed by atoms with Crippen LogP contribution in [-0.4, -0.2) is 27.6 Å². The van der Waals surface area contributed by atoms with E-state index in [0.717, 1.165) is 6.54 Å². The van der Waals surface area contributed by atoms with E-state index < -0.39 is 5.97 Å². The van der Waals surface area contributed by atoms with Crippen LogP contribution in [0.4, 0.5) is 5.95 Å². The zero-order valence-corrected chi connectivity index (χ0v) is 10.6. The van der Waals surface area contributed by atoms with Crippen molar-refractivity contribution in [2.24, 2.45) is 5.92 Å². The third-order valence-electron chi connectivity index (χ3n) is 3.48. The first-order chi connectivity index (χ1) is 8.66. The van der Waals surface area contributed by atoms with Crippen molar-refractivity contribution in [3.05, 3.63) is 17.5 Å². The zero-order valence-electron chi connectivity index (χ0n) is 10.6. The first-order valence-electron chi connectivity index (χ1n) is 6.47. The smallest absolute Gasteiger partial charge is 0.339 e. The highest BCUT2D eigenvalue weighted by Crippen LogP contribution is 2.23. The van der Waals surface area contributed by atoms with Crippen LogP contribution in [0, 0.1) is 12.8 Å². The van der Waals surface area contributed by atoms with Crippen molar-refractivity contribution >= 4 is 11.9 Å². The summed E-state index contributed by atoms with van der Waals surface area (Å²) in [6, 6.07) is 0. The molecular formula is C13H19N3O2. The molecular weight excluding hydrogens is 230 g/mol. The van der Waals surface area contributed by atoms with Crippen molar-refractivity contribution in [2.45, 2.75) is 39.0 Å². The summed E-state index contributed by atoms with van der Waals surface area (Å²) in [7, 11) is 0. The summed E-state index contributed by atoms with van der Waals surface area (Å²) in [6.07, 6.45) is 7.86. The minimum Gasteiger partial charge on any atom is -0.478 e. The van der Waals surface area contributed by atoms with Crippen LogP contribution in [0.3, 0.4) is 0 Å². The molecule has 0 spiro atoms. The molecule has 0 atom stereocenters. The van der Waals surface area contributed by atoms with Gasteiger partial charge in [-0.3, -0.25) is 0 Å². The van der Waals surface area contributed by atoms with E-state index in [2.05, 4.69) is 15.3 Å². The molecule has 0 aliphatic heterocycles. The molecule has 0 amide bonds. The largest absolute Gasteiger partial charge is 0.478 e. The molecule has 1 fully saturated rings. The highest BCUT2D eigenvalue weighted by Gasteiger charge is 2.14. The molecule has 1 heterocycles. The van der Waals surface area contributed by atoms with Crippen LogP contribution in [0.2, 0.25) is 0 Å². The number of nitrogens with one attached hydrogen (secondary N) is 1. The maximum Gasteiger partial charge on any atom is 0.339 e. The normalized spacial score (nSPS) is 16.5. The highest BCUT2D eigenvalue weighted by molar-refractivity contribution is 5.88. The summed E-state index contributed by atoms with van der Waals surface area (Å²) in [6.45, 7) is 2.57. The van der Waals surface area contributed by atoms with Gasteiger partial charge < -0.3 is 10.4 Å². The van der Waals surface area contributed by atoms with Gasteiger partial charge in [-0.1, -0.05) is 19.3 Å². The third kappa shape index (κ3) is 3.18. The summed E-state index contributed by atoms with van der Waals surface area (Å²) in [5, 5.41) is 12.1. The minimum absolute atomic E-state index is 0.165. The summed E-state index contributed by atoms with van der Waals surface area (Å²) < 4.78 is 0. The van der Waals surface area contributed by atoms with Gasteiger partial charge in [-0.2, -0.15) is 0 Å². The van der Waals surface area contributed by atoms with Crippen LogP contribution in [0.15, 0.2) is 6.20 Å². The number of anilines is 1. The Morgan fingerprint density at radius 1 is 1.44 bits per heavy atom. The molecule has 2 rings (SSSR count). The Morgan fingerprint density at radius 3 is 2.78 bits per heavy atom. The molecule has 1 aromatic heterocycles. The van der Waals surface area contributed by atoms with E-state index in [4.69, 9.17) is 5.11 Å². The second-order valence-electron chi connectivity index (χ2n) is 4.88. The van der Waals surface area contributed by atoms with Gasteiger partial charge in [0.05, 0.1) is 11.3 Å². The number of hydrogen-bond acceptors (Lipinski definition) is 4. The molecule has 1 aliphatic carbocycles. The van der Waals surface area contributed by atoms with Crippen molar-refractivity contribution in [1.29, 1.82) is 0 Å². The van der Waals surface area contributed by atoms with Crippen LogP contribution in [0.5, 0.6) is 0 Å². The van der Waals surface area contributed by atoms with Gasteiger partial charge in [-0.15, -0.1) is 0 Å². The van der Waals surface area contributed by atoms with Crippen molar-refractivity contribution in [2.75, 3.05) is 11.9 Å². The number of aromatic carboxylic acids is 1. The first-order valence-corrected chi connectivity index (χ1v) is 6.47. The zero-order chi connectivity index (χ0) is 13.0. The maximum atomic E-state index is 10.8. The number of aryl methyl sites for hydroxylation is 1. The Kier molecular flexibility index (Phi) is 4.12. The summed E-state index contributed by atoms with van der Waals surface area (Å²) >= 11 is 0. The molecule has 0 bridgehead atoms. The SMILES string of the molecule is Cc1nc(NCC2CCCCC2)ncc1C(=O)O. The summed E-state index contributed by atoms with van der Waals surface area (Å²) in [5.74, 6) is 0.246. The van der Waals surface area contributed by atoms with E-state index in [-0.39, 0.29) is 5.56 Å². The van der Waals surface area contributed by atoms with Crippen LogP contribution in [0.1, 0.15) is 48.2 Å². The van der Waals surface area contributed by atoms with Crippen LogP contribution < -0.4 is 5.32 Å². The fourth-order valence-corrected chi connectivity index (χ4v) is 2.39. The average Bonchev–Trinajstić information content (AvgIpc) is 2.37. The van der Waals surface area contributed by atoms with Crippen molar-refractivity contribution in [3.63, 3.8) is 0 Å². The monoisotopic (exact) mass is 249 g/mol. The second kappa shape index (κ2) is 5.80. The maximum absolute atomic E-state index is 10.8. The van der Waals surface area contributed by atoms with E-state index >= 15 is 0 Å². The third-order valence-corrected chi connectivity index (χ3v) is 3.48. The Bertz CT molecular complexity index is 428. The number of carboxylic acids is 1. The van der Waals surface area contributed by atoms with Gasteiger partial charge in [0.2, 0.25) is 5.95 Å². The molecule has 1 aromatic rings. The second-order valence-corrected chi connectivity index (χ2v) is 4.88. The van der Waals surface area contributed by atoms with Crippen LogP contribution in [-0.2, 0) is 0 Å². The summed E-state index contributed by atoms with van der Waals surface area (Å²) in [5.41, 5.74) is 0.668. The Morgan fingerprint density at radius 2 is 2.17 bits per heavy atom. The van der Waals surface area contributed by atoms with Crippen LogP contribution >= 0.6 is 0 Å². The first kappa shape index (κ1) is 12.8. The fraction of sp³-hybridized carbons (Fsp3) is 0.615. The number of carboxylic acid groups (broad SMARTS) is 1. The van der Waals surface area contributed by atoms with Gasteiger partial charge >= 0.3 is 5.97 Å². The lowest BCUT2D eigenvalue weighted by atomic mass is 9.89. The molecule has 2 N–H and O–H groups in total. The van der Waals surface area contributed by atoms with Crippen molar-refractivity contribution in [3.8, 4) is 0 Å². The van der Waals surface area contributed by atoms with E-state index in [0.29, 0.717) is 17.6 Å². The summed E-state index contributed by atoms with van der Waals surface area (Å²) in [4.78, 5) is 19.1. The topological polar surface area (TPSA) is 75.1 Å². The molecule has 0 radical (unpaired) electrons. The lowest BCUT2D eigenvalue weighted by Gasteiger charge is -2.21. The molecule has 18 heavy (non-hydrogen) atoms. The number of hydrogen-bond donors (Lipinski definition) is 2. The van der Waals surface area contributed by atoms with E-state index in [1.54, 1.807) is 6.92 Å². The van der Waals surface area contributed by atoms with Gasteiger partial charge in [0.1, 0.15) is 0 Å². The van der Waals surface area contributed by atoms with Crippen molar-refractivity contribution in [1.82, 2.24) is 9.97 Å². The lowest BCUT2D eigenvalue weighted by Crippen LogP contribution is -2.18. The molecule has 1 aliphatic rings. The van der Waals surface area contributed by atoms with E-state index in [1.165, 1.54) is 38.3 Å². The molecule has 5 nitrogen and oxygen atoms in total. The van der Waals surface area contributed by atoms with Crippen LogP contribution in [0.25, 0.3) is 0 Å². The average molecular weight is 249 g/mol. The predicted molar refractivity (Wildman–Crippen MR) is 68.8 cm³/mol. The molecule has 0 saturated heterocycles. The van der Waals surface area contributed by atoms with Gasteiger partial charge in [0.15, 0.2) is 0 Å². The molecule has 0 aromatic carbocycles. The Labute approximate surface area is 107 Å². The fourth-order valence-electron chi connectivity index (χ4n) is 2.39. The van der Waals surface area contributed by atoms with Gasteiger partial charge in [-0.05, 0) is 25.7 Å². The standard InChI is InChI=1S/C13H19N3O2/c1-9-11(12(17)18)8-15-13(16-9)14-7-10-5-3-2-4-6-10/h8,10H,2-7H2,1H3,(H,17,18)(H,14,15,16). The molecule has 0 unspecified atom stereocenters. The van der Waals surface area contributed by atoms with E-state index in [1.807, 2.05) is 0 Å². The van der Waals surface area contributed by atoms with Gasteiger partial charge in [0, 0.05) is 12.7 Å². The lowest BCUT2D eigenvalue weighted by molar-refractivity contribution is 0.0695. The number of rotatable bonds is 4. The molecule has 1 saturated carbocycles. The molecule has 98 valence electrons. The Hall–Kier alpha value is -1.65. The minimum atomic E-state index is -0.980. The quantitative estimate of drug-likeness (QED) is 0.857. The molecule has 5 heteroatoms. The Balaban J connectivity index is 1.93. The number of aromatic nitrogens is 2. The van der Waals surface area contributed by atoms with Crippen molar-refractivity contribution < 1.29 is 9.90 Å².